The van der Waals surface area contributed by atoms with Crippen LogP contribution >= 0.6 is 0 Å². The Morgan fingerprint density at radius 1 is 1.39 bits per heavy atom. The third-order valence-corrected chi connectivity index (χ3v) is 5.01. The van der Waals surface area contributed by atoms with Crippen molar-refractivity contribution < 1.29 is 13.9 Å². The molecular formula is C19H27FN6O2. The van der Waals surface area contributed by atoms with E-state index in [0.717, 1.165) is 24.8 Å². The number of tetrazole rings is 1. The van der Waals surface area contributed by atoms with Crippen molar-refractivity contribution in [2.24, 2.45) is 5.73 Å². The zero-order valence-corrected chi connectivity index (χ0v) is 16.1. The van der Waals surface area contributed by atoms with Gasteiger partial charge in [0, 0.05) is 26.1 Å². The molecule has 1 fully saturated rings. The maximum Gasteiger partial charge on any atom is 0.247 e. The summed E-state index contributed by atoms with van der Waals surface area (Å²) < 4.78 is 20.9. The number of nitrogens with zero attached hydrogens (tertiary/aromatic N) is 5. The van der Waals surface area contributed by atoms with Crippen LogP contribution in [0.5, 0.6) is 0 Å². The number of nitrogens with two attached hydrogens (primary N) is 1. The standard InChI is InChI=1S/C19H27FN6O2/c1-14-22-23-24-26(14)18(13-15-4-2-5-16(20)12-15)19(27)25-9-6-17(7-10-25)28-11-3-8-21/h2,4-5,12,17-18H,3,6-11,13,21H2,1H3. The van der Waals surface area contributed by atoms with Crippen LogP contribution in [-0.4, -0.2) is 63.4 Å². The van der Waals surface area contributed by atoms with Crippen molar-refractivity contribution in [1.29, 1.82) is 0 Å². The molecule has 1 aliphatic heterocycles. The summed E-state index contributed by atoms with van der Waals surface area (Å²) in [6.07, 6.45) is 2.91. The topological polar surface area (TPSA) is 99.2 Å². The second kappa shape index (κ2) is 9.70. The average molecular weight is 390 g/mol. The maximum absolute atomic E-state index is 13.6. The lowest BCUT2D eigenvalue weighted by Gasteiger charge is -2.34. The third-order valence-electron chi connectivity index (χ3n) is 5.01. The van der Waals surface area contributed by atoms with Crippen LogP contribution in [0.25, 0.3) is 0 Å². The summed E-state index contributed by atoms with van der Waals surface area (Å²) in [6.45, 7) is 4.26. The molecule has 3 rings (SSSR count). The Balaban J connectivity index is 1.68. The highest BCUT2D eigenvalue weighted by molar-refractivity contribution is 5.80. The molecule has 0 spiro atoms. The largest absolute Gasteiger partial charge is 0.378 e. The first-order chi connectivity index (χ1) is 13.6. The van der Waals surface area contributed by atoms with Crippen molar-refractivity contribution in [3.8, 4) is 0 Å². The zero-order valence-electron chi connectivity index (χ0n) is 16.1. The number of hydrogen-bond acceptors (Lipinski definition) is 6. The number of carbonyl (C=O) groups excluding carboxylic acids is 1. The van der Waals surface area contributed by atoms with Crippen LogP contribution in [0.2, 0.25) is 0 Å². The summed E-state index contributed by atoms with van der Waals surface area (Å²) >= 11 is 0. The molecule has 2 heterocycles. The van der Waals surface area contributed by atoms with Gasteiger partial charge in [0.05, 0.1) is 6.10 Å². The van der Waals surface area contributed by atoms with Crippen LogP contribution in [0.4, 0.5) is 4.39 Å². The molecule has 0 bridgehead atoms. The van der Waals surface area contributed by atoms with E-state index in [2.05, 4.69) is 15.5 Å². The molecule has 1 amide bonds. The van der Waals surface area contributed by atoms with E-state index < -0.39 is 6.04 Å². The lowest BCUT2D eigenvalue weighted by molar-refractivity contribution is -0.137. The fourth-order valence-corrected chi connectivity index (χ4v) is 3.48. The minimum atomic E-state index is -0.605. The molecule has 1 aliphatic rings. The highest BCUT2D eigenvalue weighted by Crippen LogP contribution is 2.22. The van der Waals surface area contributed by atoms with Gasteiger partial charge in [-0.3, -0.25) is 4.79 Å². The Kier molecular flexibility index (Phi) is 7.05. The van der Waals surface area contributed by atoms with Crippen molar-refractivity contribution in [3.63, 3.8) is 0 Å². The molecule has 0 aliphatic carbocycles. The number of likely N-dealkylation sites (tertiary alicyclic amines) is 1. The molecule has 1 aromatic heterocycles. The van der Waals surface area contributed by atoms with E-state index >= 15 is 0 Å². The molecule has 0 saturated carbocycles. The van der Waals surface area contributed by atoms with Crippen molar-refractivity contribution >= 4 is 5.91 Å². The zero-order chi connectivity index (χ0) is 19.9. The van der Waals surface area contributed by atoms with Gasteiger partial charge in [0.2, 0.25) is 5.91 Å². The normalized spacial score (nSPS) is 16.3. The predicted octanol–water partition coefficient (Wildman–Crippen LogP) is 1.26. The molecule has 1 unspecified atom stereocenters. The first kappa shape index (κ1) is 20.3. The monoisotopic (exact) mass is 390 g/mol. The number of aryl methyl sites for hydroxylation is 1. The van der Waals surface area contributed by atoms with Crippen LogP contribution < -0.4 is 5.73 Å². The number of aromatic nitrogens is 4. The SMILES string of the molecule is Cc1nnnn1C(Cc1cccc(F)c1)C(=O)N1CCC(OCCCN)CC1. The molecule has 8 nitrogen and oxygen atoms in total. The molecule has 28 heavy (non-hydrogen) atoms. The van der Waals surface area contributed by atoms with Gasteiger partial charge in [0.25, 0.3) is 0 Å². The Bertz CT molecular complexity index is 775. The van der Waals surface area contributed by atoms with Crippen molar-refractivity contribution in [2.75, 3.05) is 26.2 Å². The number of amides is 1. The third kappa shape index (κ3) is 5.11. The number of benzene rings is 1. The summed E-state index contributed by atoms with van der Waals surface area (Å²) in [5.41, 5.74) is 6.23. The second-order valence-electron chi connectivity index (χ2n) is 7.06. The Hall–Kier alpha value is -2.39. The number of rotatable bonds is 8. The van der Waals surface area contributed by atoms with Crippen LogP contribution in [0, 0.1) is 12.7 Å². The summed E-state index contributed by atoms with van der Waals surface area (Å²) in [4.78, 5) is 15.1. The molecule has 9 heteroatoms. The van der Waals surface area contributed by atoms with E-state index in [1.54, 1.807) is 19.1 Å². The van der Waals surface area contributed by atoms with Gasteiger partial charge in [-0.05, 0) is 60.9 Å². The van der Waals surface area contributed by atoms with E-state index in [0.29, 0.717) is 38.5 Å². The molecule has 2 N–H and O–H groups in total. The Labute approximate surface area is 163 Å². The van der Waals surface area contributed by atoms with E-state index in [1.165, 1.54) is 16.8 Å². The maximum atomic E-state index is 13.6. The summed E-state index contributed by atoms with van der Waals surface area (Å²) in [7, 11) is 0. The van der Waals surface area contributed by atoms with Gasteiger partial charge in [-0.2, -0.15) is 0 Å². The van der Waals surface area contributed by atoms with Crippen LogP contribution in [0.1, 0.15) is 36.7 Å². The first-order valence-electron chi connectivity index (χ1n) is 9.68. The first-order valence-corrected chi connectivity index (χ1v) is 9.68. The molecular weight excluding hydrogens is 363 g/mol. The molecule has 1 atom stereocenters. The average Bonchev–Trinajstić information content (AvgIpc) is 3.12. The highest BCUT2D eigenvalue weighted by Gasteiger charge is 2.31. The van der Waals surface area contributed by atoms with Crippen LogP contribution in [0.3, 0.4) is 0 Å². The second-order valence-corrected chi connectivity index (χ2v) is 7.06. The minimum absolute atomic E-state index is 0.0555. The van der Waals surface area contributed by atoms with Crippen molar-refractivity contribution in [3.05, 3.63) is 41.5 Å². The number of halogens is 1. The summed E-state index contributed by atoms with van der Waals surface area (Å²) in [6, 6.07) is 5.67. The quantitative estimate of drug-likeness (QED) is 0.682. The lowest BCUT2D eigenvalue weighted by Crippen LogP contribution is -2.45. The molecule has 1 aromatic carbocycles. The lowest BCUT2D eigenvalue weighted by atomic mass is 10.0. The van der Waals surface area contributed by atoms with E-state index in [-0.39, 0.29) is 17.8 Å². The van der Waals surface area contributed by atoms with Gasteiger partial charge in [-0.25, -0.2) is 9.07 Å². The van der Waals surface area contributed by atoms with Crippen LogP contribution in [-0.2, 0) is 16.0 Å². The molecule has 152 valence electrons. The highest BCUT2D eigenvalue weighted by atomic mass is 19.1. The van der Waals surface area contributed by atoms with E-state index in [1.807, 2.05) is 4.90 Å². The summed E-state index contributed by atoms with van der Waals surface area (Å²) in [5.74, 6) is 0.169. The van der Waals surface area contributed by atoms with Crippen LogP contribution in [0.15, 0.2) is 24.3 Å². The number of ether oxygens (including phenoxy) is 1. The Morgan fingerprint density at radius 2 is 2.18 bits per heavy atom. The molecule has 1 saturated heterocycles. The fourth-order valence-electron chi connectivity index (χ4n) is 3.48. The van der Waals surface area contributed by atoms with Gasteiger partial charge in [0.1, 0.15) is 17.7 Å². The number of carbonyl (C=O) groups is 1. The van der Waals surface area contributed by atoms with E-state index in [9.17, 15) is 9.18 Å². The van der Waals surface area contributed by atoms with Crippen molar-refractivity contribution in [1.82, 2.24) is 25.1 Å². The van der Waals surface area contributed by atoms with Gasteiger partial charge in [-0.15, -0.1) is 5.10 Å². The Morgan fingerprint density at radius 3 is 2.82 bits per heavy atom. The van der Waals surface area contributed by atoms with Gasteiger partial charge in [0.15, 0.2) is 0 Å². The molecule has 0 radical (unpaired) electrons. The van der Waals surface area contributed by atoms with Gasteiger partial charge in [-0.1, -0.05) is 12.1 Å². The summed E-state index contributed by atoms with van der Waals surface area (Å²) in [5, 5.41) is 11.6. The smallest absolute Gasteiger partial charge is 0.247 e. The number of hydrogen-bond donors (Lipinski definition) is 1. The van der Waals surface area contributed by atoms with Crippen molar-refractivity contribution in [2.45, 2.75) is 44.8 Å². The fraction of sp³-hybridized carbons (Fsp3) is 0.579. The molecule has 2 aromatic rings. The number of piperidine rings is 1. The van der Waals surface area contributed by atoms with Gasteiger partial charge >= 0.3 is 0 Å². The van der Waals surface area contributed by atoms with Gasteiger partial charge < -0.3 is 15.4 Å². The minimum Gasteiger partial charge on any atom is -0.378 e. The van der Waals surface area contributed by atoms with E-state index in [4.69, 9.17) is 10.5 Å². The predicted molar refractivity (Wildman–Crippen MR) is 101 cm³/mol.